The highest BCUT2D eigenvalue weighted by Gasteiger charge is 2.27. The van der Waals surface area contributed by atoms with Gasteiger partial charge in [-0.05, 0) is 63.5 Å². The van der Waals surface area contributed by atoms with Gasteiger partial charge in [0.1, 0.15) is 0 Å². The van der Waals surface area contributed by atoms with E-state index in [1.54, 1.807) is 4.48 Å². The van der Waals surface area contributed by atoms with Crippen molar-refractivity contribution < 1.29 is 8.97 Å². The molecule has 0 unspecified atom stereocenters. The molecule has 0 N–H and O–H groups in total. The average molecular weight is 320 g/mol. The van der Waals surface area contributed by atoms with E-state index in [0.29, 0.717) is 5.75 Å². The smallest absolute Gasteiger partial charge is 0.387 e. The van der Waals surface area contributed by atoms with Crippen LogP contribution in [0.1, 0.15) is 37.7 Å². The van der Waals surface area contributed by atoms with Crippen LogP contribution >= 0.6 is 12.6 Å². The van der Waals surface area contributed by atoms with Crippen LogP contribution in [0.25, 0.3) is 5.57 Å². The van der Waals surface area contributed by atoms with Gasteiger partial charge in [0, 0.05) is 29.5 Å². The third kappa shape index (κ3) is 3.23. The van der Waals surface area contributed by atoms with Crippen molar-refractivity contribution in [3.63, 3.8) is 0 Å². The molecule has 0 saturated heterocycles. The summed E-state index contributed by atoms with van der Waals surface area (Å²) in [6.45, 7) is 10.1. The number of aliphatic imine (C=N–C) groups is 1. The third-order valence-corrected chi connectivity index (χ3v) is 3.95. The van der Waals surface area contributed by atoms with Gasteiger partial charge >= 0.3 is 7.33 Å². The zero-order chi connectivity index (χ0) is 16.4. The van der Waals surface area contributed by atoms with Gasteiger partial charge in [0.25, 0.3) is 0 Å². The summed E-state index contributed by atoms with van der Waals surface area (Å²) in [5.41, 5.74) is 6.65. The van der Waals surface area contributed by atoms with E-state index < -0.39 is 7.33 Å². The number of thiol groups is 1. The largest absolute Gasteiger partial charge is 0.637 e. The first-order valence-electron chi connectivity index (χ1n) is 7.37. The third-order valence-electron chi connectivity index (χ3n) is 3.77. The first kappa shape index (κ1) is 17.1. The Morgan fingerprint density at radius 3 is 2.59 bits per heavy atom. The molecule has 0 radical (unpaired) electrons. The monoisotopic (exact) mass is 320 g/mol. The van der Waals surface area contributed by atoms with Crippen molar-refractivity contribution in [1.82, 2.24) is 4.48 Å². The predicted molar refractivity (Wildman–Crippen MR) is 95.4 cm³/mol. The van der Waals surface area contributed by atoms with Gasteiger partial charge in [-0.15, -0.1) is 0 Å². The van der Waals surface area contributed by atoms with Crippen molar-refractivity contribution in [2.75, 3.05) is 12.4 Å². The number of halogens is 1. The fourth-order valence-electron chi connectivity index (χ4n) is 2.95. The zero-order valence-electron chi connectivity index (χ0n) is 13.8. The molecule has 0 fully saturated rings. The Hall–Kier alpha value is -1.27. The van der Waals surface area contributed by atoms with Crippen LogP contribution in [0, 0.1) is 13.8 Å². The van der Waals surface area contributed by atoms with E-state index in [9.17, 15) is 4.32 Å². The molecule has 0 amide bonds. The Kier molecular flexibility index (Phi) is 5.34. The number of rotatable bonds is 5. The number of hydrogen-bond acceptors (Lipinski definition) is 3. The highest BCUT2D eigenvalue weighted by molar-refractivity contribution is 7.80. The maximum atomic E-state index is 14.5. The van der Waals surface area contributed by atoms with E-state index in [0.717, 1.165) is 39.5 Å². The maximum absolute atomic E-state index is 14.5. The Balaban J connectivity index is 2.52. The highest BCUT2D eigenvalue weighted by atomic mass is 32.1. The quantitative estimate of drug-likeness (QED) is 0.644. The predicted octanol–water partition coefficient (Wildman–Crippen LogP) is 4.01. The standard InChI is InChI=1S/C16H22BFN2OS/c1-10-8-12(3)19-15(10)14(5)16-11(2)9-13(4)20(16)17(18)21-6-7-22/h8-9,22H,6-7H2,1-5H3/b15-14-. The molecule has 3 nitrogen and oxygen atoms in total. The molecular weight excluding hydrogens is 298 g/mol. The summed E-state index contributed by atoms with van der Waals surface area (Å²) in [6, 6.07) is 1.97. The summed E-state index contributed by atoms with van der Waals surface area (Å²) < 4.78 is 21.3. The van der Waals surface area contributed by atoms with E-state index in [1.807, 2.05) is 46.8 Å². The normalized spacial score (nSPS) is 16.7. The van der Waals surface area contributed by atoms with Crippen molar-refractivity contribution in [3.05, 3.63) is 40.4 Å². The Bertz CT molecular complexity index is 676. The summed E-state index contributed by atoms with van der Waals surface area (Å²) in [6.07, 6.45) is 2.04. The van der Waals surface area contributed by atoms with Gasteiger partial charge in [-0.1, -0.05) is 0 Å². The Labute approximate surface area is 137 Å². The molecule has 0 bridgehead atoms. The Morgan fingerprint density at radius 1 is 1.36 bits per heavy atom. The summed E-state index contributed by atoms with van der Waals surface area (Å²) in [5.74, 6) is 0.487. The van der Waals surface area contributed by atoms with Gasteiger partial charge in [-0.25, -0.2) is 0 Å². The lowest BCUT2D eigenvalue weighted by Gasteiger charge is -2.15. The van der Waals surface area contributed by atoms with Crippen LogP contribution in [0.4, 0.5) is 4.32 Å². The van der Waals surface area contributed by atoms with E-state index in [1.165, 1.54) is 0 Å². The first-order chi connectivity index (χ1) is 10.4. The average Bonchev–Trinajstić information content (AvgIpc) is 2.94. The lowest BCUT2D eigenvalue weighted by Crippen LogP contribution is -2.27. The number of allylic oxidation sites excluding steroid dienone is 3. The van der Waals surface area contributed by atoms with Crippen LogP contribution in [-0.2, 0) is 4.65 Å². The minimum Gasteiger partial charge on any atom is -0.387 e. The highest BCUT2D eigenvalue weighted by Crippen LogP contribution is 2.31. The van der Waals surface area contributed by atoms with Gasteiger partial charge < -0.3 is 9.13 Å². The second kappa shape index (κ2) is 6.88. The topological polar surface area (TPSA) is 26.5 Å². The number of hydrogen-bond donors (Lipinski definition) is 1. The fourth-order valence-corrected chi connectivity index (χ4v) is 3.06. The molecule has 0 saturated carbocycles. The van der Waals surface area contributed by atoms with Crippen molar-refractivity contribution in [2.24, 2.45) is 4.99 Å². The number of aryl methyl sites for hydroxylation is 2. The van der Waals surface area contributed by atoms with Crippen molar-refractivity contribution in [3.8, 4) is 0 Å². The van der Waals surface area contributed by atoms with Gasteiger partial charge in [0.2, 0.25) is 0 Å². The van der Waals surface area contributed by atoms with Crippen LogP contribution in [-0.4, -0.2) is 29.9 Å². The summed E-state index contributed by atoms with van der Waals surface area (Å²) in [4.78, 5) is 4.57. The molecule has 1 aromatic rings. The molecule has 0 spiro atoms. The van der Waals surface area contributed by atoms with Crippen LogP contribution < -0.4 is 0 Å². The summed E-state index contributed by atoms with van der Waals surface area (Å²) in [7, 11) is -1.51. The molecule has 1 aliphatic rings. The zero-order valence-corrected chi connectivity index (χ0v) is 14.7. The molecule has 6 heteroatoms. The lowest BCUT2D eigenvalue weighted by atomic mass is 10.0. The van der Waals surface area contributed by atoms with Crippen LogP contribution in [0.3, 0.4) is 0 Å². The molecule has 22 heavy (non-hydrogen) atoms. The van der Waals surface area contributed by atoms with E-state index >= 15 is 0 Å². The van der Waals surface area contributed by atoms with Gasteiger partial charge in [0.15, 0.2) is 0 Å². The lowest BCUT2D eigenvalue weighted by molar-refractivity contribution is 0.304. The van der Waals surface area contributed by atoms with Crippen LogP contribution in [0.5, 0.6) is 0 Å². The summed E-state index contributed by atoms with van der Waals surface area (Å²) >= 11 is 4.06. The van der Waals surface area contributed by atoms with Crippen LogP contribution in [0.15, 0.2) is 28.4 Å². The second-order valence-corrected chi connectivity index (χ2v) is 6.08. The molecule has 0 aromatic carbocycles. The molecule has 2 rings (SSSR count). The van der Waals surface area contributed by atoms with E-state index in [2.05, 4.69) is 17.6 Å². The molecule has 0 aliphatic carbocycles. The fraction of sp³-hybridized carbons (Fsp3) is 0.438. The molecular formula is C16H22BFN2OS. The first-order valence-corrected chi connectivity index (χ1v) is 8.00. The van der Waals surface area contributed by atoms with E-state index in [4.69, 9.17) is 4.65 Å². The number of aromatic nitrogens is 1. The van der Waals surface area contributed by atoms with Crippen LogP contribution in [0.2, 0.25) is 0 Å². The molecule has 118 valence electrons. The maximum Gasteiger partial charge on any atom is 0.637 e. The van der Waals surface area contributed by atoms with Crippen molar-refractivity contribution in [2.45, 2.75) is 34.6 Å². The van der Waals surface area contributed by atoms with E-state index in [-0.39, 0.29) is 6.61 Å². The molecule has 1 aliphatic heterocycles. The molecule has 1 aromatic heterocycles. The summed E-state index contributed by atoms with van der Waals surface area (Å²) in [5, 5.41) is 0. The number of nitrogens with zero attached hydrogens (tertiary/aromatic N) is 2. The minimum atomic E-state index is -1.51. The van der Waals surface area contributed by atoms with Crippen molar-refractivity contribution >= 4 is 31.2 Å². The van der Waals surface area contributed by atoms with Gasteiger partial charge in [-0.3, -0.25) is 9.31 Å². The second-order valence-electron chi connectivity index (χ2n) is 5.63. The SMILES string of the molecule is CC1=CC(C)=N/C1=C(/C)c1c(C)cc(C)n1B(F)OCCS. The van der Waals surface area contributed by atoms with Crippen molar-refractivity contribution in [1.29, 1.82) is 0 Å². The van der Waals surface area contributed by atoms with Gasteiger partial charge in [0.05, 0.1) is 5.70 Å². The van der Waals surface area contributed by atoms with Gasteiger partial charge in [-0.2, -0.15) is 12.6 Å². The molecule has 2 heterocycles. The molecule has 0 atom stereocenters. The Morgan fingerprint density at radius 2 is 2.05 bits per heavy atom. The minimum absolute atomic E-state index is 0.270.